The van der Waals surface area contributed by atoms with E-state index in [0.717, 1.165) is 9.09 Å². The van der Waals surface area contributed by atoms with Crippen molar-refractivity contribution in [1.29, 1.82) is 0 Å². The summed E-state index contributed by atoms with van der Waals surface area (Å²) < 4.78 is 29.0. The standard InChI is InChI=1S/C16H18Cl2N2O3S3/c1-24-15-3-2-12(25-15)8-19-26(22,23)16-13(17)6-10(7-14(16)18)20-5-4-11(21)9-20/h2-3,6-7,11,19,21H,4-5,8-9H2,1H3/t11-/m0/s1. The second-order valence-electron chi connectivity index (χ2n) is 5.88. The predicted molar refractivity (Wildman–Crippen MR) is 109 cm³/mol. The van der Waals surface area contributed by atoms with Crippen LogP contribution in [0.25, 0.3) is 0 Å². The van der Waals surface area contributed by atoms with E-state index in [2.05, 4.69) is 4.72 Å². The minimum Gasteiger partial charge on any atom is -0.391 e. The van der Waals surface area contributed by atoms with Crippen molar-refractivity contribution in [3.05, 3.63) is 39.2 Å². The van der Waals surface area contributed by atoms with Gasteiger partial charge in [-0.05, 0) is 36.9 Å². The number of thioether (sulfide) groups is 1. The van der Waals surface area contributed by atoms with Crippen LogP contribution in [0.3, 0.4) is 0 Å². The minimum absolute atomic E-state index is 0.0670. The molecule has 2 aromatic rings. The summed E-state index contributed by atoms with van der Waals surface area (Å²) in [7, 11) is -3.85. The van der Waals surface area contributed by atoms with Gasteiger partial charge < -0.3 is 10.0 Å². The summed E-state index contributed by atoms with van der Waals surface area (Å²) in [6.45, 7) is 1.34. The van der Waals surface area contributed by atoms with Gasteiger partial charge in [-0.3, -0.25) is 0 Å². The van der Waals surface area contributed by atoms with Crippen molar-refractivity contribution >= 4 is 62.0 Å². The number of nitrogens with one attached hydrogen (secondary N) is 1. The van der Waals surface area contributed by atoms with E-state index in [0.29, 0.717) is 25.2 Å². The number of thiophene rings is 1. The van der Waals surface area contributed by atoms with E-state index in [4.69, 9.17) is 23.2 Å². The van der Waals surface area contributed by atoms with Gasteiger partial charge in [0.25, 0.3) is 0 Å². The lowest BCUT2D eigenvalue weighted by Gasteiger charge is -2.20. The van der Waals surface area contributed by atoms with E-state index in [9.17, 15) is 13.5 Å². The molecule has 0 saturated carbocycles. The molecule has 1 aromatic carbocycles. The van der Waals surface area contributed by atoms with Gasteiger partial charge in [0.1, 0.15) is 4.90 Å². The zero-order valence-corrected chi connectivity index (χ0v) is 17.9. The molecule has 0 spiro atoms. The summed E-state index contributed by atoms with van der Waals surface area (Å²) in [4.78, 5) is 2.72. The van der Waals surface area contributed by atoms with Crippen LogP contribution >= 0.6 is 46.3 Å². The third-order valence-electron chi connectivity index (χ3n) is 4.05. The Bertz CT molecular complexity index is 879. The number of hydrogen-bond donors (Lipinski definition) is 2. The van der Waals surface area contributed by atoms with Gasteiger partial charge in [-0.25, -0.2) is 13.1 Å². The lowest BCUT2D eigenvalue weighted by molar-refractivity contribution is 0.198. The number of sulfonamides is 1. The first-order valence-corrected chi connectivity index (χ1v) is 12.1. The molecule has 3 rings (SSSR count). The van der Waals surface area contributed by atoms with Gasteiger partial charge >= 0.3 is 0 Å². The molecule has 1 saturated heterocycles. The molecule has 1 atom stereocenters. The Kier molecular flexibility index (Phi) is 6.44. The second-order valence-corrected chi connectivity index (χ2v) is 10.7. The Balaban J connectivity index is 1.80. The Morgan fingerprint density at radius 2 is 2.04 bits per heavy atom. The zero-order valence-electron chi connectivity index (χ0n) is 13.9. The molecule has 1 aliphatic rings. The van der Waals surface area contributed by atoms with Crippen molar-refractivity contribution in [2.75, 3.05) is 24.2 Å². The van der Waals surface area contributed by atoms with Crippen LogP contribution in [0.4, 0.5) is 5.69 Å². The molecule has 1 aliphatic heterocycles. The number of aliphatic hydroxyl groups is 1. The first-order valence-electron chi connectivity index (χ1n) is 7.84. The van der Waals surface area contributed by atoms with Crippen LogP contribution in [0.1, 0.15) is 11.3 Å². The van der Waals surface area contributed by atoms with Crippen molar-refractivity contribution in [2.45, 2.75) is 28.2 Å². The average molecular weight is 453 g/mol. The molecule has 0 radical (unpaired) electrons. The van der Waals surface area contributed by atoms with E-state index in [1.807, 2.05) is 23.3 Å². The van der Waals surface area contributed by atoms with E-state index < -0.39 is 16.1 Å². The highest BCUT2D eigenvalue weighted by atomic mass is 35.5. The first kappa shape index (κ1) is 20.3. The largest absolute Gasteiger partial charge is 0.391 e. The molecular weight excluding hydrogens is 435 g/mol. The number of anilines is 1. The average Bonchev–Trinajstić information content (AvgIpc) is 3.20. The number of rotatable bonds is 6. The summed E-state index contributed by atoms with van der Waals surface area (Å²) in [6, 6.07) is 7.01. The summed E-state index contributed by atoms with van der Waals surface area (Å²) in [5.74, 6) is 0. The highest BCUT2D eigenvalue weighted by molar-refractivity contribution is 8.00. The molecule has 0 unspecified atom stereocenters. The van der Waals surface area contributed by atoms with Gasteiger partial charge in [0.2, 0.25) is 10.0 Å². The topological polar surface area (TPSA) is 69.6 Å². The van der Waals surface area contributed by atoms with E-state index in [1.165, 1.54) is 11.3 Å². The predicted octanol–water partition coefficient (Wildman–Crippen LogP) is 3.83. The summed E-state index contributed by atoms with van der Waals surface area (Å²) in [5.41, 5.74) is 0.707. The monoisotopic (exact) mass is 452 g/mol. The van der Waals surface area contributed by atoms with Crippen molar-refractivity contribution in [3.8, 4) is 0 Å². The molecule has 0 amide bonds. The molecule has 10 heteroatoms. The van der Waals surface area contributed by atoms with Gasteiger partial charge in [0.05, 0.1) is 20.4 Å². The van der Waals surface area contributed by atoms with Crippen LogP contribution in [0, 0.1) is 0 Å². The van der Waals surface area contributed by atoms with Crippen LogP contribution in [0.5, 0.6) is 0 Å². The Hall–Kier alpha value is -0.480. The van der Waals surface area contributed by atoms with Crippen LogP contribution in [0.2, 0.25) is 10.0 Å². The van der Waals surface area contributed by atoms with Gasteiger partial charge in [0.15, 0.2) is 0 Å². The number of aliphatic hydroxyl groups excluding tert-OH is 1. The maximum atomic E-state index is 12.7. The van der Waals surface area contributed by atoms with Crippen LogP contribution < -0.4 is 9.62 Å². The number of benzene rings is 1. The normalized spacial score (nSPS) is 17.8. The highest BCUT2D eigenvalue weighted by Gasteiger charge is 2.26. The SMILES string of the molecule is CSc1ccc(CNS(=O)(=O)c2c(Cl)cc(N3CC[C@H](O)C3)cc2Cl)s1. The molecule has 26 heavy (non-hydrogen) atoms. The minimum atomic E-state index is -3.85. The van der Waals surface area contributed by atoms with E-state index >= 15 is 0 Å². The van der Waals surface area contributed by atoms with Crippen LogP contribution in [-0.4, -0.2) is 39.0 Å². The number of halogens is 2. The Morgan fingerprint density at radius 1 is 1.35 bits per heavy atom. The maximum Gasteiger partial charge on any atom is 0.243 e. The molecular formula is C16H18Cl2N2O3S3. The lowest BCUT2D eigenvalue weighted by Crippen LogP contribution is -2.24. The summed E-state index contributed by atoms with van der Waals surface area (Å²) >= 11 is 15.6. The number of β-amino-alcohol motifs (C(OH)–C–C–N with tert-alkyl or cyclic N) is 1. The summed E-state index contributed by atoms with van der Waals surface area (Å²) in [5, 5.41) is 9.80. The lowest BCUT2D eigenvalue weighted by atomic mass is 10.3. The van der Waals surface area contributed by atoms with Crippen molar-refractivity contribution in [2.24, 2.45) is 0 Å². The summed E-state index contributed by atoms with van der Waals surface area (Å²) in [6.07, 6.45) is 2.24. The molecule has 0 bridgehead atoms. The van der Waals surface area contributed by atoms with Gasteiger partial charge in [0, 0.05) is 30.2 Å². The molecule has 1 aromatic heterocycles. The van der Waals surface area contributed by atoms with Crippen molar-refractivity contribution < 1.29 is 13.5 Å². The van der Waals surface area contributed by atoms with Gasteiger partial charge in [-0.2, -0.15) is 0 Å². The first-order chi connectivity index (χ1) is 12.3. The van der Waals surface area contributed by atoms with Crippen LogP contribution in [-0.2, 0) is 16.6 Å². The molecule has 2 heterocycles. The quantitative estimate of drug-likeness (QED) is 0.651. The highest BCUT2D eigenvalue weighted by Crippen LogP contribution is 2.35. The Labute approximate surface area is 171 Å². The van der Waals surface area contributed by atoms with E-state index in [1.54, 1.807) is 23.9 Å². The molecule has 142 valence electrons. The zero-order chi connectivity index (χ0) is 18.9. The van der Waals surface area contributed by atoms with E-state index in [-0.39, 0.29) is 21.5 Å². The second kappa shape index (κ2) is 8.26. The fraction of sp³-hybridized carbons (Fsp3) is 0.375. The fourth-order valence-electron chi connectivity index (χ4n) is 2.76. The fourth-order valence-corrected chi connectivity index (χ4v) is 6.59. The Morgan fingerprint density at radius 3 is 2.58 bits per heavy atom. The number of nitrogens with zero attached hydrogens (tertiary/aromatic N) is 1. The third-order valence-corrected chi connectivity index (χ3v) is 8.55. The molecule has 2 N–H and O–H groups in total. The van der Waals surface area contributed by atoms with Crippen molar-refractivity contribution in [3.63, 3.8) is 0 Å². The van der Waals surface area contributed by atoms with Crippen molar-refractivity contribution in [1.82, 2.24) is 4.72 Å². The van der Waals surface area contributed by atoms with Gasteiger partial charge in [-0.1, -0.05) is 23.2 Å². The van der Waals surface area contributed by atoms with Crippen LogP contribution in [0.15, 0.2) is 33.4 Å². The smallest absolute Gasteiger partial charge is 0.243 e. The maximum absolute atomic E-state index is 12.7. The number of hydrogen-bond acceptors (Lipinski definition) is 6. The molecule has 5 nitrogen and oxygen atoms in total. The third kappa shape index (κ3) is 4.49. The molecule has 1 fully saturated rings. The molecule has 0 aliphatic carbocycles. The van der Waals surface area contributed by atoms with Gasteiger partial charge in [-0.15, -0.1) is 23.1 Å².